The zero-order valence-electron chi connectivity index (χ0n) is 17.5. The first kappa shape index (κ1) is 22.2. The van der Waals surface area contributed by atoms with Crippen molar-refractivity contribution < 1.29 is 19.1 Å². The molecule has 0 atom stereocenters. The van der Waals surface area contributed by atoms with Gasteiger partial charge in [-0.05, 0) is 29.8 Å². The first-order chi connectivity index (χ1) is 15.4. The van der Waals surface area contributed by atoms with Crippen LogP contribution in [0.3, 0.4) is 0 Å². The molecular weight excluding hydrogens is 412 g/mol. The molecule has 0 spiro atoms. The van der Waals surface area contributed by atoms with Crippen LogP contribution in [0.15, 0.2) is 67.1 Å². The van der Waals surface area contributed by atoms with Crippen molar-refractivity contribution in [2.24, 2.45) is 0 Å². The Bertz CT molecular complexity index is 1090. The molecule has 0 saturated heterocycles. The minimum absolute atomic E-state index is 0.157. The van der Waals surface area contributed by atoms with Crippen LogP contribution in [0.5, 0.6) is 11.6 Å². The van der Waals surface area contributed by atoms with Crippen LogP contribution in [0, 0.1) is 0 Å². The fourth-order valence-corrected chi connectivity index (χ4v) is 2.49. The first-order valence-electron chi connectivity index (χ1n) is 9.61. The molecule has 0 aliphatic rings. The molecule has 1 heterocycles. The second kappa shape index (κ2) is 10.5. The lowest BCUT2D eigenvalue weighted by molar-refractivity contribution is -0.136. The molecule has 0 radical (unpaired) electrons. The topological polar surface area (TPSA) is 126 Å². The van der Waals surface area contributed by atoms with E-state index in [0.29, 0.717) is 23.0 Å². The zero-order valence-corrected chi connectivity index (χ0v) is 17.5. The number of benzene rings is 2. The van der Waals surface area contributed by atoms with Crippen LogP contribution in [0.4, 0.5) is 16.2 Å². The van der Waals surface area contributed by atoms with Crippen LogP contribution in [0.1, 0.15) is 5.56 Å². The Labute approximate surface area is 184 Å². The van der Waals surface area contributed by atoms with E-state index in [0.717, 1.165) is 5.56 Å². The summed E-state index contributed by atoms with van der Waals surface area (Å²) in [4.78, 5) is 45.4. The van der Waals surface area contributed by atoms with Gasteiger partial charge in [0.15, 0.2) is 0 Å². The van der Waals surface area contributed by atoms with Gasteiger partial charge in [0.25, 0.3) is 0 Å². The number of nitrogens with one attached hydrogen (secondary N) is 3. The van der Waals surface area contributed by atoms with Crippen molar-refractivity contribution in [1.82, 2.24) is 20.2 Å². The fraction of sp³-hybridized carbons (Fsp3) is 0.136. The molecule has 0 saturated carbocycles. The Hall–Kier alpha value is -4.47. The quantitative estimate of drug-likeness (QED) is 0.512. The molecule has 3 N–H and O–H groups in total. The maximum absolute atomic E-state index is 12.2. The molecule has 0 aliphatic heterocycles. The van der Waals surface area contributed by atoms with Crippen LogP contribution in [0.2, 0.25) is 0 Å². The highest BCUT2D eigenvalue weighted by Crippen LogP contribution is 2.22. The van der Waals surface area contributed by atoms with Gasteiger partial charge in [-0.25, -0.2) is 9.78 Å². The van der Waals surface area contributed by atoms with E-state index in [-0.39, 0.29) is 12.6 Å². The molecule has 2 aromatic carbocycles. The van der Waals surface area contributed by atoms with Gasteiger partial charge >= 0.3 is 17.8 Å². The highest BCUT2D eigenvalue weighted by Gasteiger charge is 2.14. The number of carbonyl (C=O) groups excluding carboxylic acids is 3. The van der Waals surface area contributed by atoms with Crippen molar-refractivity contribution in [2.45, 2.75) is 6.54 Å². The Balaban J connectivity index is 1.50. The maximum atomic E-state index is 12.2. The van der Waals surface area contributed by atoms with Gasteiger partial charge in [0.1, 0.15) is 5.75 Å². The Kier molecular flexibility index (Phi) is 7.31. The Morgan fingerprint density at radius 1 is 0.938 bits per heavy atom. The van der Waals surface area contributed by atoms with E-state index >= 15 is 0 Å². The van der Waals surface area contributed by atoms with Crippen LogP contribution in [-0.4, -0.2) is 46.8 Å². The SMILES string of the molecule is CN(C)C(=O)Nc1ccc(CNC(=O)C(=O)Nc2cccc(Oc3cnccn3)c2)cc1. The van der Waals surface area contributed by atoms with Gasteiger partial charge < -0.3 is 25.6 Å². The van der Waals surface area contributed by atoms with Gasteiger partial charge in [-0.15, -0.1) is 0 Å². The molecule has 4 amide bonds. The number of rotatable bonds is 6. The Morgan fingerprint density at radius 3 is 2.41 bits per heavy atom. The minimum Gasteiger partial charge on any atom is -0.437 e. The number of carbonyl (C=O) groups is 3. The molecular formula is C22H22N6O4. The van der Waals surface area contributed by atoms with Gasteiger partial charge in [0, 0.05) is 50.5 Å². The molecule has 0 aliphatic carbocycles. The minimum atomic E-state index is -0.809. The molecule has 3 aromatic rings. The van der Waals surface area contributed by atoms with Crippen molar-refractivity contribution >= 4 is 29.2 Å². The smallest absolute Gasteiger partial charge is 0.321 e. The molecule has 164 valence electrons. The molecule has 0 fully saturated rings. The lowest BCUT2D eigenvalue weighted by Gasteiger charge is -2.12. The van der Waals surface area contributed by atoms with Gasteiger partial charge in [-0.3, -0.25) is 14.6 Å². The summed E-state index contributed by atoms with van der Waals surface area (Å²) in [5, 5.41) is 7.80. The normalized spacial score (nSPS) is 10.1. The number of ether oxygens (including phenoxy) is 1. The largest absolute Gasteiger partial charge is 0.437 e. The maximum Gasteiger partial charge on any atom is 0.321 e. The van der Waals surface area contributed by atoms with Crippen molar-refractivity contribution in [1.29, 1.82) is 0 Å². The number of hydrogen-bond donors (Lipinski definition) is 3. The van der Waals surface area contributed by atoms with Crippen LogP contribution >= 0.6 is 0 Å². The van der Waals surface area contributed by atoms with Crippen molar-refractivity contribution in [3.63, 3.8) is 0 Å². The molecule has 0 bridgehead atoms. The van der Waals surface area contributed by atoms with Gasteiger partial charge in [0.05, 0.1) is 6.20 Å². The summed E-state index contributed by atoms with van der Waals surface area (Å²) >= 11 is 0. The van der Waals surface area contributed by atoms with E-state index in [1.54, 1.807) is 62.6 Å². The number of amides is 4. The second-order valence-electron chi connectivity index (χ2n) is 6.83. The summed E-state index contributed by atoms with van der Waals surface area (Å²) in [7, 11) is 3.29. The van der Waals surface area contributed by atoms with E-state index < -0.39 is 11.8 Å². The first-order valence-corrected chi connectivity index (χ1v) is 9.61. The molecule has 1 aromatic heterocycles. The molecule has 3 rings (SSSR count). The van der Waals surface area contributed by atoms with E-state index in [1.165, 1.54) is 23.5 Å². The average Bonchev–Trinajstić information content (AvgIpc) is 2.79. The highest BCUT2D eigenvalue weighted by molar-refractivity contribution is 6.39. The molecule has 10 nitrogen and oxygen atoms in total. The van der Waals surface area contributed by atoms with Crippen LogP contribution in [0.25, 0.3) is 0 Å². The van der Waals surface area contributed by atoms with Crippen molar-refractivity contribution in [2.75, 3.05) is 24.7 Å². The fourth-order valence-electron chi connectivity index (χ4n) is 2.49. The summed E-state index contributed by atoms with van der Waals surface area (Å²) in [6.07, 6.45) is 4.49. The lowest BCUT2D eigenvalue weighted by atomic mass is 10.2. The Morgan fingerprint density at radius 2 is 1.72 bits per heavy atom. The van der Waals surface area contributed by atoms with Gasteiger partial charge in [-0.1, -0.05) is 18.2 Å². The molecule has 32 heavy (non-hydrogen) atoms. The monoisotopic (exact) mass is 434 g/mol. The van der Waals surface area contributed by atoms with Crippen LogP contribution in [-0.2, 0) is 16.1 Å². The zero-order chi connectivity index (χ0) is 22.9. The third-order valence-corrected chi connectivity index (χ3v) is 4.12. The van der Waals surface area contributed by atoms with E-state index in [4.69, 9.17) is 4.74 Å². The van der Waals surface area contributed by atoms with Crippen molar-refractivity contribution in [3.8, 4) is 11.6 Å². The second-order valence-corrected chi connectivity index (χ2v) is 6.83. The summed E-state index contributed by atoms with van der Waals surface area (Å²) < 4.78 is 5.56. The van der Waals surface area contributed by atoms with Gasteiger partial charge in [-0.2, -0.15) is 0 Å². The number of nitrogens with zero attached hydrogens (tertiary/aromatic N) is 3. The number of urea groups is 1. The summed E-state index contributed by atoms with van der Waals surface area (Å²) in [6.45, 7) is 0.157. The summed E-state index contributed by atoms with van der Waals surface area (Å²) in [6, 6.07) is 13.2. The third kappa shape index (κ3) is 6.52. The van der Waals surface area contributed by atoms with E-state index in [2.05, 4.69) is 25.9 Å². The van der Waals surface area contributed by atoms with E-state index in [1.807, 2.05) is 0 Å². The van der Waals surface area contributed by atoms with E-state index in [9.17, 15) is 14.4 Å². The number of aromatic nitrogens is 2. The molecule has 10 heteroatoms. The summed E-state index contributed by atoms with van der Waals surface area (Å²) in [5.41, 5.74) is 1.79. The van der Waals surface area contributed by atoms with Crippen LogP contribution < -0.4 is 20.7 Å². The number of anilines is 2. The standard InChI is InChI=1S/C22H22N6O4/c1-28(2)22(31)27-16-8-6-15(7-9-16)13-25-20(29)21(30)26-17-4-3-5-18(12-17)32-19-14-23-10-11-24-19/h3-12,14H,13H2,1-2H3,(H,25,29)(H,26,30)(H,27,31). The van der Waals surface area contributed by atoms with Gasteiger partial charge in [0.2, 0.25) is 5.88 Å². The van der Waals surface area contributed by atoms with Crippen molar-refractivity contribution in [3.05, 3.63) is 72.7 Å². The molecule has 0 unspecified atom stereocenters. The average molecular weight is 434 g/mol. The predicted octanol–water partition coefficient (Wildman–Crippen LogP) is 2.62. The highest BCUT2D eigenvalue weighted by atomic mass is 16.5. The predicted molar refractivity (Wildman–Crippen MR) is 118 cm³/mol. The number of hydrogen-bond acceptors (Lipinski definition) is 6. The lowest BCUT2D eigenvalue weighted by Crippen LogP contribution is -2.34. The summed E-state index contributed by atoms with van der Waals surface area (Å²) in [5.74, 6) is -0.849. The third-order valence-electron chi connectivity index (χ3n) is 4.12.